The van der Waals surface area contributed by atoms with E-state index in [1.807, 2.05) is 0 Å². The van der Waals surface area contributed by atoms with Crippen LogP contribution in [-0.2, 0) is 0 Å². The minimum Gasteiger partial charge on any atom is -0.479 e. The van der Waals surface area contributed by atoms with Gasteiger partial charge in [0.05, 0.1) is 12.4 Å². The molecule has 1 aliphatic rings. The van der Waals surface area contributed by atoms with Crippen molar-refractivity contribution in [3.8, 4) is 5.75 Å². The molecule has 0 aliphatic carbocycles. The number of hydrogen-bond acceptors (Lipinski definition) is 6. The topological polar surface area (TPSA) is 78.8 Å². The van der Waals surface area contributed by atoms with Crippen LogP contribution in [0.15, 0.2) is 24.3 Å². The third kappa shape index (κ3) is 3.14. The minimum atomic E-state index is -0.995. The summed E-state index contributed by atoms with van der Waals surface area (Å²) in [6, 6.07) is 5.59. The highest BCUT2D eigenvalue weighted by molar-refractivity contribution is 7.15. The molecule has 0 spiro atoms. The van der Waals surface area contributed by atoms with Crippen molar-refractivity contribution in [3.05, 3.63) is 35.1 Å². The Balaban J connectivity index is 1.81. The Morgan fingerprint density at radius 3 is 2.88 bits per heavy atom. The van der Waals surface area contributed by atoms with Gasteiger partial charge < -0.3 is 14.7 Å². The zero-order valence-corrected chi connectivity index (χ0v) is 14.2. The number of aliphatic hydroxyl groups is 1. The minimum absolute atomic E-state index is 0.0272. The van der Waals surface area contributed by atoms with E-state index in [0.29, 0.717) is 5.01 Å². The zero-order chi connectivity index (χ0) is 17.3. The molecule has 7 nitrogen and oxygen atoms in total. The SMILES string of the molecule is CN1CC(O)N(c2nnc(C(CCl)Oc3ccccc3F)s2)C1=O. The molecule has 1 N–H and O–H groups in total. The van der Waals surface area contributed by atoms with Crippen LogP contribution in [0.5, 0.6) is 5.75 Å². The molecule has 1 aromatic heterocycles. The van der Waals surface area contributed by atoms with Gasteiger partial charge in [-0.25, -0.2) is 14.1 Å². The summed E-state index contributed by atoms with van der Waals surface area (Å²) < 4.78 is 19.3. The molecule has 128 valence electrons. The molecule has 1 aliphatic heterocycles. The van der Waals surface area contributed by atoms with Gasteiger partial charge in [0, 0.05) is 7.05 Å². The fraction of sp³-hybridized carbons (Fsp3) is 0.357. The Kier molecular flexibility index (Phi) is 4.83. The van der Waals surface area contributed by atoms with Crippen molar-refractivity contribution in [1.82, 2.24) is 15.1 Å². The lowest BCUT2D eigenvalue weighted by molar-refractivity contribution is 0.183. The number of β-amino-alcohol motifs (C(OH)–C–C–N with tert-alkyl or cyclic N) is 1. The number of benzene rings is 1. The van der Waals surface area contributed by atoms with Crippen molar-refractivity contribution in [2.75, 3.05) is 24.4 Å². The number of aliphatic hydroxyl groups excluding tert-OH is 1. The van der Waals surface area contributed by atoms with Crippen molar-refractivity contribution >= 4 is 34.1 Å². The Morgan fingerprint density at radius 2 is 2.25 bits per heavy atom. The highest BCUT2D eigenvalue weighted by atomic mass is 35.5. The maximum absolute atomic E-state index is 13.7. The molecular weight excluding hydrogens is 359 g/mol. The standard InChI is InChI=1S/C14H14ClFN4O3S/c1-19-7-11(21)20(14(19)22)13-18-17-12(24-13)10(6-15)23-9-5-3-2-4-8(9)16/h2-5,10-11,21H,6-7H2,1H3. The maximum atomic E-state index is 13.7. The zero-order valence-electron chi connectivity index (χ0n) is 12.6. The van der Waals surface area contributed by atoms with E-state index < -0.39 is 18.1 Å². The molecule has 0 saturated carbocycles. The second-order valence-corrected chi connectivity index (χ2v) is 6.42. The van der Waals surface area contributed by atoms with Crippen LogP contribution in [0.4, 0.5) is 14.3 Å². The van der Waals surface area contributed by atoms with Crippen LogP contribution in [0.3, 0.4) is 0 Å². The van der Waals surface area contributed by atoms with Gasteiger partial charge in [-0.15, -0.1) is 21.8 Å². The first-order valence-corrected chi connectivity index (χ1v) is 8.39. The molecule has 1 aromatic carbocycles. The lowest BCUT2D eigenvalue weighted by atomic mass is 10.3. The van der Waals surface area contributed by atoms with E-state index in [9.17, 15) is 14.3 Å². The lowest BCUT2D eigenvalue weighted by Crippen LogP contribution is -2.34. The number of ether oxygens (including phenoxy) is 1. The van der Waals surface area contributed by atoms with E-state index >= 15 is 0 Å². The monoisotopic (exact) mass is 372 g/mol. The predicted octanol–water partition coefficient (Wildman–Crippen LogP) is 2.23. The predicted molar refractivity (Wildman–Crippen MR) is 86.9 cm³/mol. The molecule has 2 heterocycles. The Bertz CT molecular complexity index is 746. The van der Waals surface area contributed by atoms with E-state index in [2.05, 4.69) is 10.2 Å². The molecule has 0 bridgehead atoms. The summed E-state index contributed by atoms with van der Waals surface area (Å²) in [6.07, 6.45) is -1.72. The fourth-order valence-electron chi connectivity index (χ4n) is 2.22. The molecule has 24 heavy (non-hydrogen) atoms. The molecule has 2 aromatic rings. The molecule has 2 atom stereocenters. The molecule has 10 heteroatoms. The molecule has 2 unspecified atom stereocenters. The van der Waals surface area contributed by atoms with Gasteiger partial charge >= 0.3 is 6.03 Å². The second-order valence-electron chi connectivity index (χ2n) is 5.13. The number of likely N-dealkylation sites (N-methyl/N-ethyl adjacent to an activating group) is 1. The van der Waals surface area contributed by atoms with Gasteiger partial charge in [-0.05, 0) is 12.1 Å². The number of anilines is 1. The smallest absolute Gasteiger partial charge is 0.328 e. The number of carbonyl (C=O) groups excluding carboxylic acids is 1. The van der Waals surface area contributed by atoms with Crippen LogP contribution < -0.4 is 9.64 Å². The van der Waals surface area contributed by atoms with Gasteiger partial charge in [0.15, 0.2) is 28.9 Å². The van der Waals surface area contributed by atoms with Crippen LogP contribution in [-0.4, -0.2) is 51.9 Å². The Hall–Kier alpha value is -1.97. The summed E-state index contributed by atoms with van der Waals surface area (Å²) in [5.74, 6) is -0.430. The van der Waals surface area contributed by atoms with Crippen LogP contribution in [0.1, 0.15) is 11.1 Å². The van der Waals surface area contributed by atoms with E-state index in [1.165, 1.54) is 17.0 Å². The van der Waals surface area contributed by atoms with Gasteiger partial charge in [-0.2, -0.15) is 0 Å². The normalized spacial score (nSPS) is 19.0. The average Bonchev–Trinajstić information content (AvgIpc) is 3.12. The highest BCUT2D eigenvalue weighted by Gasteiger charge is 2.37. The number of nitrogens with zero attached hydrogens (tertiary/aromatic N) is 4. The van der Waals surface area contributed by atoms with Crippen LogP contribution in [0.25, 0.3) is 0 Å². The van der Waals surface area contributed by atoms with Gasteiger partial charge in [0.25, 0.3) is 0 Å². The number of hydrogen-bond donors (Lipinski definition) is 1. The number of urea groups is 1. The number of amides is 2. The Morgan fingerprint density at radius 1 is 1.50 bits per heavy atom. The van der Waals surface area contributed by atoms with E-state index in [4.69, 9.17) is 16.3 Å². The number of rotatable bonds is 5. The summed E-state index contributed by atoms with van der Waals surface area (Å²) in [4.78, 5) is 14.5. The van der Waals surface area contributed by atoms with E-state index in [-0.39, 0.29) is 29.3 Å². The quantitative estimate of drug-likeness (QED) is 0.814. The number of aromatic nitrogens is 2. The van der Waals surface area contributed by atoms with Crippen molar-refractivity contribution in [3.63, 3.8) is 0 Å². The van der Waals surface area contributed by atoms with Gasteiger partial charge in [0.2, 0.25) is 5.13 Å². The van der Waals surface area contributed by atoms with Crippen LogP contribution in [0, 0.1) is 5.82 Å². The third-order valence-corrected chi connectivity index (χ3v) is 4.72. The van der Waals surface area contributed by atoms with Crippen LogP contribution in [0.2, 0.25) is 0 Å². The first-order chi connectivity index (χ1) is 11.5. The molecule has 1 saturated heterocycles. The summed E-state index contributed by atoms with van der Waals surface area (Å²) in [5.41, 5.74) is 0. The van der Waals surface area contributed by atoms with Gasteiger partial charge in [-0.3, -0.25) is 0 Å². The maximum Gasteiger partial charge on any atom is 0.328 e. The van der Waals surface area contributed by atoms with E-state index in [1.54, 1.807) is 19.2 Å². The van der Waals surface area contributed by atoms with Crippen molar-refractivity contribution in [2.24, 2.45) is 0 Å². The van der Waals surface area contributed by atoms with Crippen molar-refractivity contribution in [2.45, 2.75) is 12.3 Å². The van der Waals surface area contributed by atoms with Gasteiger partial charge in [-0.1, -0.05) is 23.5 Å². The molecule has 0 radical (unpaired) electrons. The fourth-order valence-corrected chi connectivity index (χ4v) is 3.43. The van der Waals surface area contributed by atoms with Crippen molar-refractivity contribution in [1.29, 1.82) is 0 Å². The first-order valence-electron chi connectivity index (χ1n) is 7.04. The summed E-state index contributed by atoms with van der Waals surface area (Å²) in [7, 11) is 1.58. The average molecular weight is 373 g/mol. The number of para-hydroxylation sites is 1. The Labute approximate surface area is 146 Å². The van der Waals surface area contributed by atoms with Gasteiger partial charge in [0.1, 0.15) is 0 Å². The third-order valence-electron chi connectivity index (χ3n) is 3.43. The number of carbonyl (C=O) groups is 1. The lowest BCUT2D eigenvalue weighted by Gasteiger charge is -2.15. The largest absolute Gasteiger partial charge is 0.479 e. The summed E-state index contributed by atoms with van der Waals surface area (Å²) in [5, 5.41) is 18.5. The van der Waals surface area contributed by atoms with Crippen LogP contribution >= 0.6 is 22.9 Å². The van der Waals surface area contributed by atoms with Crippen molar-refractivity contribution < 1.29 is 19.0 Å². The molecule has 3 rings (SSSR count). The second kappa shape index (κ2) is 6.88. The molecular formula is C14H14ClFN4O3S. The number of alkyl halides is 1. The highest BCUT2D eigenvalue weighted by Crippen LogP contribution is 2.32. The molecule has 2 amide bonds. The first kappa shape index (κ1) is 16.9. The number of halogens is 2. The van der Waals surface area contributed by atoms with E-state index in [0.717, 1.165) is 16.2 Å². The summed E-state index contributed by atoms with van der Waals surface area (Å²) in [6.45, 7) is 0.179. The molecule has 1 fully saturated rings. The summed E-state index contributed by atoms with van der Waals surface area (Å²) >= 11 is 6.97.